The van der Waals surface area contributed by atoms with Gasteiger partial charge in [0.1, 0.15) is 5.01 Å². The molecule has 2 fully saturated rings. The highest BCUT2D eigenvalue weighted by atomic mass is 32.1. The maximum atomic E-state index is 12.5. The highest BCUT2D eigenvalue weighted by Gasteiger charge is 2.48. The Morgan fingerprint density at radius 2 is 2.27 bits per heavy atom. The zero-order valence-corrected chi connectivity index (χ0v) is 14.3. The Kier molecular flexibility index (Phi) is 3.55. The minimum absolute atomic E-state index is 0.145. The first-order valence-electron chi connectivity index (χ1n) is 7.61. The highest BCUT2D eigenvalue weighted by Crippen LogP contribution is 2.43. The minimum Gasteiger partial charge on any atom is -0.303 e. The van der Waals surface area contributed by atoms with E-state index in [1.54, 1.807) is 22.7 Å². The second kappa shape index (κ2) is 5.44. The molecule has 22 heavy (non-hydrogen) atoms. The van der Waals surface area contributed by atoms with Gasteiger partial charge in [0, 0.05) is 41.4 Å². The van der Waals surface area contributed by atoms with E-state index in [1.165, 1.54) is 9.88 Å². The lowest BCUT2D eigenvalue weighted by Crippen LogP contribution is -2.30. The second-order valence-corrected chi connectivity index (χ2v) is 8.67. The van der Waals surface area contributed by atoms with Crippen molar-refractivity contribution in [1.82, 2.24) is 9.88 Å². The van der Waals surface area contributed by atoms with Crippen molar-refractivity contribution in [2.75, 3.05) is 24.5 Å². The summed E-state index contributed by atoms with van der Waals surface area (Å²) in [6.07, 6.45) is 3.68. The monoisotopic (exact) mass is 333 g/mol. The van der Waals surface area contributed by atoms with Crippen molar-refractivity contribution in [1.29, 1.82) is 0 Å². The molecule has 2 aliphatic heterocycles. The largest absolute Gasteiger partial charge is 0.303 e. The Hall–Kier alpha value is -1.24. The average molecular weight is 333 g/mol. The molecule has 0 unspecified atom stereocenters. The van der Waals surface area contributed by atoms with Gasteiger partial charge >= 0.3 is 0 Å². The van der Waals surface area contributed by atoms with E-state index in [4.69, 9.17) is 0 Å². The Morgan fingerprint density at radius 3 is 3.00 bits per heavy atom. The summed E-state index contributed by atoms with van der Waals surface area (Å²) in [5.74, 6) is 0.290. The van der Waals surface area contributed by atoms with Gasteiger partial charge in [0.05, 0.1) is 11.5 Å². The maximum Gasteiger partial charge on any atom is 0.228 e. The topological polar surface area (TPSA) is 36.4 Å². The average Bonchev–Trinajstić information content (AvgIpc) is 3.22. The number of thiophene rings is 1. The van der Waals surface area contributed by atoms with Crippen LogP contribution in [0.1, 0.15) is 22.7 Å². The third-order valence-corrected chi connectivity index (χ3v) is 6.46. The van der Waals surface area contributed by atoms with Gasteiger partial charge in [0.2, 0.25) is 5.91 Å². The Morgan fingerprint density at radius 1 is 1.36 bits per heavy atom. The molecule has 1 amide bonds. The molecule has 4 rings (SSSR count). The van der Waals surface area contributed by atoms with E-state index in [-0.39, 0.29) is 11.3 Å². The van der Waals surface area contributed by atoms with Crippen LogP contribution in [-0.4, -0.2) is 35.4 Å². The molecule has 6 heteroatoms. The summed E-state index contributed by atoms with van der Waals surface area (Å²) in [5, 5.41) is 4.31. The van der Waals surface area contributed by atoms with Gasteiger partial charge < -0.3 is 4.90 Å². The first kappa shape index (κ1) is 14.4. The standard InChI is InChI=1S/C16H19N3OS2/c1-12-2-3-15(22-12)19-11-16(8-14(19)20)4-6-18(10-16)9-13-17-5-7-21-13/h2-3,5,7H,4,6,8-11H2,1H3/t16-/m1/s1. The lowest BCUT2D eigenvalue weighted by atomic mass is 9.86. The second-order valence-electron chi connectivity index (χ2n) is 6.43. The van der Waals surface area contributed by atoms with Crippen molar-refractivity contribution in [2.45, 2.75) is 26.3 Å². The third-order valence-electron chi connectivity index (χ3n) is 4.67. The lowest BCUT2D eigenvalue weighted by Gasteiger charge is -2.23. The smallest absolute Gasteiger partial charge is 0.228 e. The van der Waals surface area contributed by atoms with Gasteiger partial charge in [-0.25, -0.2) is 4.98 Å². The minimum atomic E-state index is 0.145. The highest BCUT2D eigenvalue weighted by molar-refractivity contribution is 7.16. The number of hydrogen-bond acceptors (Lipinski definition) is 5. The van der Waals surface area contributed by atoms with E-state index in [9.17, 15) is 4.79 Å². The zero-order valence-electron chi connectivity index (χ0n) is 12.6. The summed E-state index contributed by atoms with van der Waals surface area (Å²) in [6, 6.07) is 4.18. The predicted octanol–water partition coefficient (Wildman–Crippen LogP) is 3.14. The van der Waals surface area contributed by atoms with E-state index in [0.717, 1.165) is 37.6 Å². The summed E-state index contributed by atoms with van der Waals surface area (Å²) >= 11 is 3.43. The number of aromatic nitrogens is 1. The molecule has 0 aromatic carbocycles. The molecule has 4 heterocycles. The molecule has 0 bridgehead atoms. The van der Waals surface area contributed by atoms with Crippen LogP contribution in [0.15, 0.2) is 23.7 Å². The predicted molar refractivity (Wildman–Crippen MR) is 90.5 cm³/mol. The molecular weight excluding hydrogens is 314 g/mol. The summed E-state index contributed by atoms with van der Waals surface area (Å²) < 4.78 is 0. The van der Waals surface area contributed by atoms with Crippen molar-refractivity contribution in [3.63, 3.8) is 0 Å². The molecule has 116 valence electrons. The van der Waals surface area contributed by atoms with Gasteiger partial charge in [0.25, 0.3) is 0 Å². The molecule has 2 aliphatic rings. The van der Waals surface area contributed by atoms with Gasteiger partial charge in [0.15, 0.2) is 0 Å². The van der Waals surface area contributed by atoms with Crippen molar-refractivity contribution in [3.8, 4) is 0 Å². The molecular formula is C16H19N3OS2. The lowest BCUT2D eigenvalue weighted by molar-refractivity contribution is -0.117. The number of amides is 1. The fourth-order valence-electron chi connectivity index (χ4n) is 3.62. The van der Waals surface area contributed by atoms with Crippen LogP contribution in [0.25, 0.3) is 0 Å². The number of likely N-dealkylation sites (tertiary alicyclic amines) is 1. The maximum absolute atomic E-state index is 12.5. The van der Waals surface area contributed by atoms with Crippen molar-refractivity contribution in [2.24, 2.45) is 5.41 Å². The van der Waals surface area contributed by atoms with Gasteiger partial charge in [-0.2, -0.15) is 0 Å². The number of carbonyl (C=O) groups excluding carboxylic acids is 1. The number of thiazole rings is 1. The number of anilines is 1. The van der Waals surface area contributed by atoms with Crippen LogP contribution in [0, 0.1) is 12.3 Å². The van der Waals surface area contributed by atoms with E-state index in [1.807, 2.05) is 16.5 Å². The van der Waals surface area contributed by atoms with Crippen molar-refractivity contribution < 1.29 is 4.79 Å². The molecule has 2 saturated heterocycles. The first-order valence-corrected chi connectivity index (χ1v) is 9.31. The van der Waals surface area contributed by atoms with E-state index < -0.39 is 0 Å². The Balaban J connectivity index is 1.46. The molecule has 1 atom stereocenters. The molecule has 4 nitrogen and oxygen atoms in total. The summed E-state index contributed by atoms with van der Waals surface area (Å²) in [4.78, 5) is 22.6. The quantitative estimate of drug-likeness (QED) is 0.866. The summed E-state index contributed by atoms with van der Waals surface area (Å²) in [7, 11) is 0. The van der Waals surface area contributed by atoms with Crippen LogP contribution in [0.3, 0.4) is 0 Å². The van der Waals surface area contributed by atoms with Gasteiger partial charge in [-0.05, 0) is 32.0 Å². The fraction of sp³-hybridized carbons (Fsp3) is 0.500. The number of carbonyl (C=O) groups is 1. The zero-order chi connectivity index (χ0) is 15.2. The number of rotatable bonds is 3. The number of aryl methyl sites for hydroxylation is 1. The van der Waals surface area contributed by atoms with E-state index >= 15 is 0 Å². The number of hydrogen-bond donors (Lipinski definition) is 0. The molecule has 2 aromatic rings. The first-order chi connectivity index (χ1) is 10.6. The molecule has 1 spiro atoms. The SMILES string of the molecule is Cc1ccc(N2C[C@]3(CCN(Cc4nccs4)C3)CC2=O)s1. The van der Waals surface area contributed by atoms with Crippen LogP contribution in [0.5, 0.6) is 0 Å². The fourth-order valence-corrected chi connectivity index (χ4v) is 5.16. The van der Waals surface area contributed by atoms with Crippen LogP contribution in [-0.2, 0) is 11.3 Å². The van der Waals surface area contributed by atoms with Crippen LogP contribution in [0.2, 0.25) is 0 Å². The van der Waals surface area contributed by atoms with Gasteiger partial charge in [-0.1, -0.05) is 0 Å². The summed E-state index contributed by atoms with van der Waals surface area (Å²) in [6.45, 7) is 5.98. The molecule has 0 radical (unpaired) electrons. The van der Waals surface area contributed by atoms with Crippen molar-refractivity contribution >= 4 is 33.6 Å². The third kappa shape index (κ3) is 2.59. The van der Waals surface area contributed by atoms with Crippen LogP contribution >= 0.6 is 22.7 Å². The van der Waals surface area contributed by atoms with Crippen LogP contribution in [0.4, 0.5) is 5.00 Å². The molecule has 0 saturated carbocycles. The van der Waals surface area contributed by atoms with Gasteiger partial charge in [-0.3, -0.25) is 9.69 Å². The van der Waals surface area contributed by atoms with E-state index in [2.05, 4.69) is 28.9 Å². The van der Waals surface area contributed by atoms with Crippen LogP contribution < -0.4 is 4.90 Å². The molecule has 2 aromatic heterocycles. The molecule has 0 aliphatic carbocycles. The normalized spacial score (nSPS) is 25.7. The Labute approximate surface area is 138 Å². The number of nitrogens with zero attached hydrogens (tertiary/aromatic N) is 3. The van der Waals surface area contributed by atoms with Gasteiger partial charge in [-0.15, -0.1) is 22.7 Å². The van der Waals surface area contributed by atoms with Crippen molar-refractivity contribution in [3.05, 3.63) is 33.6 Å². The summed E-state index contributed by atoms with van der Waals surface area (Å²) in [5.41, 5.74) is 0.145. The Bertz CT molecular complexity index is 681. The van der Waals surface area contributed by atoms with E-state index in [0.29, 0.717) is 6.42 Å². The molecule has 0 N–H and O–H groups in total.